The summed E-state index contributed by atoms with van der Waals surface area (Å²) in [7, 11) is 0. The van der Waals surface area contributed by atoms with E-state index in [0.29, 0.717) is 6.07 Å². The molecule has 0 fully saturated rings. The number of amides is 2. The van der Waals surface area contributed by atoms with Crippen LogP contribution in [0.25, 0.3) is 0 Å². The molecule has 2 bridgehead atoms. The van der Waals surface area contributed by atoms with Crippen molar-refractivity contribution in [3.05, 3.63) is 74.7 Å². The molecule has 2 amide bonds. The van der Waals surface area contributed by atoms with Gasteiger partial charge < -0.3 is 15.3 Å². The maximum Gasteiger partial charge on any atom is 0.278 e. The number of hydrogen-bond donors (Lipinski definition) is 2. The summed E-state index contributed by atoms with van der Waals surface area (Å²) >= 11 is 0. The van der Waals surface area contributed by atoms with Crippen LogP contribution in [0.3, 0.4) is 0 Å². The number of pyridine rings is 1. The van der Waals surface area contributed by atoms with Crippen molar-refractivity contribution in [2.45, 2.75) is 39.4 Å². The van der Waals surface area contributed by atoms with Crippen LogP contribution in [0, 0.1) is 11.6 Å². The molecule has 0 spiro atoms. The number of aromatic nitrogens is 1. The van der Waals surface area contributed by atoms with Crippen molar-refractivity contribution in [2.24, 2.45) is 0 Å². The van der Waals surface area contributed by atoms with Gasteiger partial charge in [0.15, 0.2) is 11.4 Å². The summed E-state index contributed by atoms with van der Waals surface area (Å²) in [5.41, 5.74) is -0.613. The first kappa shape index (κ1) is 21.5. The van der Waals surface area contributed by atoms with Gasteiger partial charge >= 0.3 is 0 Å². The first-order chi connectivity index (χ1) is 15.1. The fraction of sp³-hybridized carbons (Fsp3) is 0.318. The first-order valence-electron chi connectivity index (χ1n) is 10.1. The number of fused-ring (bicyclic) bond motifs is 4. The molecule has 32 heavy (non-hydrogen) atoms. The zero-order valence-electron chi connectivity index (χ0n) is 17.7. The Balaban J connectivity index is 1.72. The Labute approximate surface area is 182 Å². The maximum atomic E-state index is 13.9. The van der Waals surface area contributed by atoms with Gasteiger partial charge in [0.25, 0.3) is 11.8 Å². The topological polar surface area (TPSA) is 94.9 Å². The molecule has 3 heterocycles. The Bertz CT molecular complexity index is 1220. The highest BCUT2D eigenvalue weighted by Crippen LogP contribution is 2.28. The Morgan fingerprint density at radius 3 is 2.66 bits per heavy atom. The predicted molar refractivity (Wildman–Crippen MR) is 112 cm³/mol. The molecule has 1 aromatic carbocycles. The van der Waals surface area contributed by atoms with Crippen LogP contribution in [0.2, 0.25) is 0 Å². The summed E-state index contributed by atoms with van der Waals surface area (Å²) in [5.74, 6) is -3.80. The lowest BCUT2D eigenvalue weighted by atomic mass is 10.1. The van der Waals surface area contributed by atoms with Crippen LogP contribution < -0.4 is 15.8 Å². The number of aromatic hydroxyl groups is 1. The smallest absolute Gasteiger partial charge is 0.278 e. The molecule has 8 nitrogen and oxygen atoms in total. The molecular weight excluding hydrogens is 422 g/mol. The summed E-state index contributed by atoms with van der Waals surface area (Å²) in [4.78, 5) is 40.0. The van der Waals surface area contributed by atoms with Gasteiger partial charge in [-0.15, -0.1) is 0 Å². The molecule has 1 aromatic heterocycles. The number of nitrogens with zero attached hydrogens (tertiary/aromatic N) is 3. The van der Waals surface area contributed by atoms with Crippen LogP contribution in [0.1, 0.15) is 47.2 Å². The van der Waals surface area contributed by atoms with E-state index in [9.17, 15) is 28.3 Å². The summed E-state index contributed by atoms with van der Waals surface area (Å²) in [6.07, 6.45) is 3.15. The normalized spacial score (nSPS) is 19.9. The Kier molecular flexibility index (Phi) is 5.23. The standard InChI is InChI=1S/C22H22F2N4O4/c1-11-6-12(2)26-10-28(13(11)3)27-9-16(19(29)20(30)18(27)22(26)32)21(31)25-8-14-4-5-15(23)7-17(14)24/h4-7,9,12-13,30H,8,10H2,1-3H3,(H,25,31). The van der Waals surface area contributed by atoms with E-state index in [1.165, 1.54) is 21.8 Å². The van der Waals surface area contributed by atoms with Crippen molar-refractivity contribution in [3.8, 4) is 5.75 Å². The maximum absolute atomic E-state index is 13.9. The van der Waals surface area contributed by atoms with E-state index in [1.54, 1.807) is 5.01 Å². The molecule has 2 atom stereocenters. The van der Waals surface area contributed by atoms with E-state index in [4.69, 9.17) is 0 Å². The summed E-state index contributed by atoms with van der Waals surface area (Å²) < 4.78 is 28.3. The SMILES string of the molecule is CC1=CC(C)N2CN(C1C)n1cc(C(=O)NCc3ccc(F)cc3F)c(=O)c(O)c1C2=O. The molecule has 2 N–H and O–H groups in total. The van der Waals surface area contributed by atoms with E-state index in [2.05, 4.69) is 5.32 Å². The molecule has 0 saturated carbocycles. The van der Waals surface area contributed by atoms with Gasteiger partial charge in [0.2, 0.25) is 5.43 Å². The van der Waals surface area contributed by atoms with Crippen LogP contribution in [0.4, 0.5) is 8.78 Å². The molecule has 2 aromatic rings. The monoisotopic (exact) mass is 444 g/mol. The molecule has 2 aliphatic rings. The first-order valence-corrected chi connectivity index (χ1v) is 10.1. The third-order valence-corrected chi connectivity index (χ3v) is 6.00. The van der Waals surface area contributed by atoms with Gasteiger partial charge in [-0.1, -0.05) is 17.7 Å². The number of benzene rings is 1. The second-order valence-corrected chi connectivity index (χ2v) is 8.02. The third kappa shape index (κ3) is 3.41. The molecule has 168 valence electrons. The van der Waals surface area contributed by atoms with Gasteiger partial charge in [-0.2, -0.15) is 0 Å². The fourth-order valence-electron chi connectivity index (χ4n) is 3.98. The lowest BCUT2D eigenvalue weighted by molar-refractivity contribution is 0.0652. The minimum absolute atomic E-state index is 0.0312. The van der Waals surface area contributed by atoms with Crippen LogP contribution in [-0.4, -0.2) is 45.2 Å². The highest BCUT2D eigenvalue weighted by Gasteiger charge is 2.39. The number of rotatable bonds is 3. The van der Waals surface area contributed by atoms with Gasteiger partial charge in [-0.25, -0.2) is 8.78 Å². The average Bonchev–Trinajstić information content (AvgIpc) is 2.83. The molecule has 0 radical (unpaired) electrons. The van der Waals surface area contributed by atoms with Gasteiger partial charge in [-0.05, 0) is 26.8 Å². The number of hydrogen-bond acceptors (Lipinski definition) is 5. The van der Waals surface area contributed by atoms with Crippen LogP contribution in [-0.2, 0) is 6.54 Å². The number of carbonyl (C=O) groups is 2. The molecule has 2 unspecified atom stereocenters. The number of carbonyl (C=O) groups excluding carboxylic acids is 2. The van der Waals surface area contributed by atoms with Crippen molar-refractivity contribution < 1.29 is 23.5 Å². The van der Waals surface area contributed by atoms with Crippen molar-refractivity contribution in [1.29, 1.82) is 0 Å². The highest BCUT2D eigenvalue weighted by molar-refractivity contribution is 5.99. The molecule has 4 rings (SSSR count). The lowest BCUT2D eigenvalue weighted by Gasteiger charge is -2.42. The van der Waals surface area contributed by atoms with Gasteiger partial charge in [-0.3, -0.25) is 24.1 Å². The van der Waals surface area contributed by atoms with E-state index < -0.39 is 40.2 Å². The Hall–Kier alpha value is -3.69. The Morgan fingerprint density at radius 1 is 1.25 bits per heavy atom. The van der Waals surface area contributed by atoms with Gasteiger partial charge in [0.1, 0.15) is 23.9 Å². The van der Waals surface area contributed by atoms with Crippen LogP contribution in [0.5, 0.6) is 5.75 Å². The minimum Gasteiger partial charge on any atom is -0.502 e. The van der Waals surface area contributed by atoms with Crippen molar-refractivity contribution >= 4 is 11.8 Å². The zero-order valence-corrected chi connectivity index (χ0v) is 17.7. The van der Waals surface area contributed by atoms with E-state index in [-0.39, 0.29) is 36.6 Å². The van der Waals surface area contributed by atoms with E-state index in [0.717, 1.165) is 11.6 Å². The highest BCUT2D eigenvalue weighted by atomic mass is 19.1. The van der Waals surface area contributed by atoms with Gasteiger partial charge in [0, 0.05) is 30.4 Å². The third-order valence-electron chi connectivity index (χ3n) is 6.00. The molecule has 0 aliphatic carbocycles. The quantitative estimate of drug-likeness (QED) is 0.705. The zero-order chi connectivity index (χ0) is 23.3. The largest absolute Gasteiger partial charge is 0.502 e. The van der Waals surface area contributed by atoms with Crippen molar-refractivity contribution in [1.82, 2.24) is 14.9 Å². The average molecular weight is 444 g/mol. The second kappa shape index (κ2) is 7.77. The lowest BCUT2D eigenvalue weighted by Crippen LogP contribution is -2.57. The second-order valence-electron chi connectivity index (χ2n) is 8.02. The molecule has 0 saturated heterocycles. The number of halogens is 2. The fourth-order valence-corrected chi connectivity index (χ4v) is 3.98. The number of nitrogens with one attached hydrogen (secondary N) is 1. The summed E-state index contributed by atoms with van der Waals surface area (Å²) in [6.45, 7) is 5.58. The van der Waals surface area contributed by atoms with Gasteiger partial charge in [0.05, 0.1) is 6.04 Å². The molecule has 2 aliphatic heterocycles. The van der Waals surface area contributed by atoms with E-state index in [1.807, 2.05) is 26.8 Å². The molecular formula is C22H22F2N4O4. The Morgan fingerprint density at radius 2 is 1.97 bits per heavy atom. The minimum atomic E-state index is -1.01. The van der Waals surface area contributed by atoms with Crippen LogP contribution >= 0.6 is 0 Å². The van der Waals surface area contributed by atoms with Crippen molar-refractivity contribution in [2.75, 3.05) is 11.7 Å². The van der Waals surface area contributed by atoms with E-state index >= 15 is 0 Å². The summed E-state index contributed by atoms with van der Waals surface area (Å²) in [6, 6.07) is 2.51. The van der Waals surface area contributed by atoms with Crippen molar-refractivity contribution in [3.63, 3.8) is 0 Å². The molecule has 10 heteroatoms. The predicted octanol–water partition coefficient (Wildman–Crippen LogP) is 1.85. The summed E-state index contributed by atoms with van der Waals surface area (Å²) in [5, 5.41) is 14.8. The van der Waals surface area contributed by atoms with Crippen LogP contribution in [0.15, 0.2) is 40.8 Å².